The van der Waals surface area contributed by atoms with Gasteiger partial charge in [-0.3, -0.25) is 5.84 Å². The van der Waals surface area contributed by atoms with Gasteiger partial charge in [0.05, 0.1) is 6.04 Å². The number of hydrazine groups is 1. The molecule has 2 aromatic carbocycles. The van der Waals surface area contributed by atoms with Crippen molar-refractivity contribution >= 4 is 5.69 Å². The van der Waals surface area contributed by atoms with Gasteiger partial charge in [-0.15, -0.1) is 0 Å². The molecule has 3 N–H and O–H groups in total. The molecule has 4 heteroatoms. The molecule has 0 aliphatic carbocycles. The average molecular weight is 273 g/mol. The van der Waals surface area contributed by atoms with E-state index in [0.29, 0.717) is 5.56 Å². The van der Waals surface area contributed by atoms with Gasteiger partial charge in [0, 0.05) is 19.8 Å². The topological polar surface area (TPSA) is 41.3 Å². The minimum atomic E-state index is -0.201. The lowest BCUT2D eigenvalue weighted by atomic mass is 9.97. The molecule has 106 valence electrons. The highest BCUT2D eigenvalue weighted by atomic mass is 19.1. The Kier molecular flexibility index (Phi) is 4.37. The molecule has 20 heavy (non-hydrogen) atoms. The van der Waals surface area contributed by atoms with Crippen molar-refractivity contribution in [1.82, 2.24) is 5.43 Å². The van der Waals surface area contributed by atoms with E-state index in [1.165, 1.54) is 6.07 Å². The minimum absolute atomic E-state index is 0.148. The van der Waals surface area contributed by atoms with Crippen LogP contribution in [-0.4, -0.2) is 14.1 Å². The van der Waals surface area contributed by atoms with Gasteiger partial charge in [-0.1, -0.05) is 24.3 Å². The quantitative estimate of drug-likeness (QED) is 0.665. The molecule has 0 heterocycles. The van der Waals surface area contributed by atoms with Crippen molar-refractivity contribution in [3.63, 3.8) is 0 Å². The minimum Gasteiger partial charge on any atom is -0.378 e. The van der Waals surface area contributed by atoms with Gasteiger partial charge >= 0.3 is 0 Å². The van der Waals surface area contributed by atoms with Gasteiger partial charge in [0.25, 0.3) is 0 Å². The van der Waals surface area contributed by atoms with Crippen LogP contribution >= 0.6 is 0 Å². The van der Waals surface area contributed by atoms with E-state index < -0.39 is 0 Å². The number of nitrogens with zero attached hydrogens (tertiary/aromatic N) is 1. The molecule has 0 amide bonds. The van der Waals surface area contributed by atoms with E-state index in [4.69, 9.17) is 5.84 Å². The molecule has 0 radical (unpaired) electrons. The van der Waals surface area contributed by atoms with Gasteiger partial charge in [0.1, 0.15) is 5.82 Å². The van der Waals surface area contributed by atoms with E-state index in [1.807, 2.05) is 49.3 Å². The monoisotopic (exact) mass is 273 g/mol. The fourth-order valence-corrected chi connectivity index (χ4v) is 2.20. The Morgan fingerprint density at radius 3 is 2.15 bits per heavy atom. The number of benzene rings is 2. The summed E-state index contributed by atoms with van der Waals surface area (Å²) in [5.74, 6) is 5.47. The summed E-state index contributed by atoms with van der Waals surface area (Å²) in [6.45, 7) is 1.75. The number of hydrogen-bond donors (Lipinski definition) is 2. The van der Waals surface area contributed by atoms with E-state index in [2.05, 4.69) is 5.43 Å². The van der Waals surface area contributed by atoms with Crippen LogP contribution in [-0.2, 0) is 0 Å². The highest BCUT2D eigenvalue weighted by molar-refractivity contribution is 5.47. The predicted octanol–water partition coefficient (Wildman–Crippen LogP) is 2.75. The first-order chi connectivity index (χ1) is 9.52. The zero-order valence-corrected chi connectivity index (χ0v) is 12.0. The number of aryl methyl sites for hydroxylation is 1. The predicted molar refractivity (Wildman–Crippen MR) is 81.1 cm³/mol. The Morgan fingerprint density at radius 1 is 1.05 bits per heavy atom. The molecule has 1 unspecified atom stereocenters. The van der Waals surface area contributed by atoms with Gasteiger partial charge in [-0.25, -0.2) is 9.82 Å². The maximum Gasteiger partial charge on any atom is 0.126 e. The molecule has 0 aliphatic heterocycles. The van der Waals surface area contributed by atoms with Gasteiger partial charge in [-0.2, -0.15) is 0 Å². The van der Waals surface area contributed by atoms with Crippen molar-refractivity contribution in [2.24, 2.45) is 5.84 Å². The van der Waals surface area contributed by atoms with Crippen LogP contribution in [0.15, 0.2) is 42.5 Å². The number of anilines is 1. The van der Waals surface area contributed by atoms with Gasteiger partial charge < -0.3 is 4.90 Å². The van der Waals surface area contributed by atoms with Crippen molar-refractivity contribution < 1.29 is 4.39 Å². The first kappa shape index (κ1) is 14.5. The maximum atomic E-state index is 13.4. The third-order valence-corrected chi connectivity index (χ3v) is 3.42. The summed E-state index contributed by atoms with van der Waals surface area (Å²) in [7, 11) is 3.99. The molecule has 0 fully saturated rings. The average Bonchev–Trinajstić information content (AvgIpc) is 2.44. The van der Waals surface area contributed by atoms with Crippen LogP contribution < -0.4 is 16.2 Å². The Morgan fingerprint density at radius 2 is 1.65 bits per heavy atom. The lowest BCUT2D eigenvalue weighted by Gasteiger charge is -2.19. The largest absolute Gasteiger partial charge is 0.378 e. The zero-order valence-electron chi connectivity index (χ0n) is 12.0. The number of nitrogens with two attached hydrogens (primary N) is 1. The van der Waals surface area contributed by atoms with Crippen LogP contribution in [0.3, 0.4) is 0 Å². The van der Waals surface area contributed by atoms with E-state index >= 15 is 0 Å². The summed E-state index contributed by atoms with van der Waals surface area (Å²) in [4.78, 5) is 2.04. The van der Waals surface area contributed by atoms with Crippen LogP contribution in [0.5, 0.6) is 0 Å². The maximum absolute atomic E-state index is 13.4. The third-order valence-electron chi connectivity index (χ3n) is 3.42. The smallest absolute Gasteiger partial charge is 0.126 e. The highest BCUT2D eigenvalue weighted by Crippen LogP contribution is 2.24. The Bertz CT molecular complexity index is 579. The van der Waals surface area contributed by atoms with Crippen LogP contribution in [0.4, 0.5) is 10.1 Å². The highest BCUT2D eigenvalue weighted by Gasteiger charge is 2.13. The molecule has 0 saturated carbocycles. The second-order valence-corrected chi connectivity index (χ2v) is 5.09. The van der Waals surface area contributed by atoms with Crippen molar-refractivity contribution in [3.8, 4) is 0 Å². The van der Waals surface area contributed by atoms with Crippen molar-refractivity contribution in [2.45, 2.75) is 13.0 Å². The molecular formula is C16H20FN3. The van der Waals surface area contributed by atoms with Crippen LogP contribution in [0.1, 0.15) is 22.7 Å². The lowest BCUT2D eigenvalue weighted by molar-refractivity contribution is 0.608. The summed E-state index contributed by atoms with van der Waals surface area (Å²) in [6.07, 6.45) is 0. The second-order valence-electron chi connectivity index (χ2n) is 5.09. The Balaban J connectivity index is 2.33. The fraction of sp³-hybridized carbons (Fsp3) is 0.250. The summed E-state index contributed by atoms with van der Waals surface area (Å²) >= 11 is 0. The molecular weight excluding hydrogens is 253 g/mol. The Hall–Kier alpha value is -1.91. The normalized spacial score (nSPS) is 12.2. The summed E-state index contributed by atoms with van der Waals surface area (Å²) in [5, 5.41) is 0. The van der Waals surface area contributed by atoms with E-state index in [0.717, 1.165) is 16.8 Å². The van der Waals surface area contributed by atoms with Gasteiger partial charge in [0.2, 0.25) is 0 Å². The van der Waals surface area contributed by atoms with Crippen molar-refractivity contribution in [2.75, 3.05) is 19.0 Å². The molecule has 2 rings (SSSR count). The molecule has 0 spiro atoms. The zero-order chi connectivity index (χ0) is 14.7. The molecule has 1 atom stereocenters. The molecule has 2 aromatic rings. The number of halogens is 1. The van der Waals surface area contributed by atoms with E-state index in [-0.39, 0.29) is 11.9 Å². The van der Waals surface area contributed by atoms with Crippen LogP contribution in [0.25, 0.3) is 0 Å². The van der Waals surface area contributed by atoms with E-state index in [9.17, 15) is 4.39 Å². The first-order valence-corrected chi connectivity index (χ1v) is 6.52. The Labute approximate surface area is 119 Å². The third kappa shape index (κ3) is 2.98. The van der Waals surface area contributed by atoms with Gasteiger partial charge in [0.15, 0.2) is 0 Å². The summed E-state index contributed by atoms with van der Waals surface area (Å²) in [6, 6.07) is 13.0. The van der Waals surface area contributed by atoms with Crippen LogP contribution in [0.2, 0.25) is 0 Å². The standard InChI is InChI=1S/C16H20FN3/c1-11-10-13(6-9-15(11)17)16(19-18)12-4-7-14(8-5-12)20(2)3/h4-10,16,19H,18H2,1-3H3. The van der Waals surface area contributed by atoms with Crippen LogP contribution in [0, 0.1) is 12.7 Å². The molecule has 3 nitrogen and oxygen atoms in total. The van der Waals surface area contributed by atoms with E-state index in [1.54, 1.807) is 13.0 Å². The molecule has 0 bridgehead atoms. The number of rotatable bonds is 4. The van der Waals surface area contributed by atoms with Gasteiger partial charge in [-0.05, 0) is 41.8 Å². The summed E-state index contributed by atoms with van der Waals surface area (Å²) in [5.41, 5.74) is 6.53. The fourth-order valence-electron chi connectivity index (χ4n) is 2.20. The SMILES string of the molecule is Cc1cc(C(NN)c2ccc(N(C)C)cc2)ccc1F. The van der Waals surface area contributed by atoms with Crippen molar-refractivity contribution in [3.05, 3.63) is 65.0 Å². The lowest BCUT2D eigenvalue weighted by Crippen LogP contribution is -2.29. The number of hydrogen-bond acceptors (Lipinski definition) is 3. The molecule has 0 saturated heterocycles. The summed E-state index contributed by atoms with van der Waals surface area (Å²) < 4.78 is 13.4. The first-order valence-electron chi connectivity index (χ1n) is 6.52. The number of nitrogens with one attached hydrogen (secondary N) is 1. The second kappa shape index (κ2) is 6.03. The molecule has 0 aromatic heterocycles. The van der Waals surface area contributed by atoms with Crippen molar-refractivity contribution in [1.29, 1.82) is 0 Å². The molecule has 0 aliphatic rings.